The van der Waals surface area contributed by atoms with Crippen molar-refractivity contribution in [2.24, 2.45) is 5.92 Å². The molecule has 1 rings (SSSR count). The highest BCUT2D eigenvalue weighted by Gasteiger charge is 2.15. The van der Waals surface area contributed by atoms with Crippen molar-refractivity contribution in [3.05, 3.63) is 15.3 Å². The Morgan fingerprint density at radius 2 is 2.08 bits per heavy atom. The normalized spacial score (nSPS) is 15.6. The summed E-state index contributed by atoms with van der Waals surface area (Å²) in [5, 5.41) is 5.11. The standard InChI is InChI=1S/C8H15N3OS/c1-4-5(2)6(3)11-7(12)9-10-8(11)13/h5-6H,4H2,1-3H3,(H,9,12)(H,10,13). The molecule has 0 spiro atoms. The highest BCUT2D eigenvalue weighted by atomic mass is 32.1. The summed E-state index contributed by atoms with van der Waals surface area (Å²) in [5.74, 6) is 0.448. The Hall–Kier alpha value is -0.840. The maximum atomic E-state index is 11.3. The van der Waals surface area contributed by atoms with Gasteiger partial charge < -0.3 is 0 Å². The van der Waals surface area contributed by atoms with Crippen LogP contribution in [0, 0.1) is 10.7 Å². The maximum absolute atomic E-state index is 11.3. The van der Waals surface area contributed by atoms with Crippen LogP contribution < -0.4 is 5.69 Å². The fourth-order valence-corrected chi connectivity index (χ4v) is 1.59. The van der Waals surface area contributed by atoms with Crippen LogP contribution in [0.4, 0.5) is 0 Å². The first-order chi connectivity index (χ1) is 6.07. The fourth-order valence-electron chi connectivity index (χ4n) is 1.29. The van der Waals surface area contributed by atoms with Crippen LogP contribution in [0.1, 0.15) is 33.2 Å². The molecule has 0 radical (unpaired) electrons. The molecule has 0 amide bonds. The Morgan fingerprint density at radius 3 is 2.46 bits per heavy atom. The molecule has 0 aromatic carbocycles. The number of aromatic nitrogens is 3. The minimum absolute atomic E-state index is 0.146. The molecule has 2 atom stereocenters. The second kappa shape index (κ2) is 3.91. The Labute approximate surface area is 82.0 Å². The fraction of sp³-hybridized carbons (Fsp3) is 0.750. The van der Waals surface area contributed by atoms with Gasteiger partial charge in [-0.1, -0.05) is 20.3 Å². The molecule has 4 nitrogen and oxygen atoms in total. The first kappa shape index (κ1) is 10.2. The number of hydrogen-bond acceptors (Lipinski definition) is 2. The summed E-state index contributed by atoms with van der Waals surface area (Å²) < 4.78 is 2.06. The van der Waals surface area contributed by atoms with E-state index in [0.29, 0.717) is 10.7 Å². The van der Waals surface area contributed by atoms with E-state index in [1.165, 1.54) is 0 Å². The van der Waals surface area contributed by atoms with E-state index in [-0.39, 0.29) is 11.7 Å². The monoisotopic (exact) mass is 201 g/mol. The van der Waals surface area contributed by atoms with Crippen molar-refractivity contribution < 1.29 is 0 Å². The lowest BCUT2D eigenvalue weighted by atomic mass is 10.0. The van der Waals surface area contributed by atoms with Crippen molar-refractivity contribution in [1.29, 1.82) is 0 Å². The zero-order chi connectivity index (χ0) is 10.0. The number of nitrogens with one attached hydrogen (secondary N) is 2. The van der Waals surface area contributed by atoms with E-state index in [2.05, 4.69) is 24.0 Å². The Kier molecular flexibility index (Phi) is 3.08. The maximum Gasteiger partial charge on any atom is 0.342 e. The van der Waals surface area contributed by atoms with Crippen LogP contribution in [-0.4, -0.2) is 14.8 Å². The molecule has 0 bridgehead atoms. The van der Waals surface area contributed by atoms with E-state index >= 15 is 0 Å². The minimum Gasteiger partial charge on any atom is -0.272 e. The second-order valence-electron chi connectivity index (χ2n) is 3.36. The molecular formula is C8H15N3OS. The van der Waals surface area contributed by atoms with Gasteiger partial charge in [-0.2, -0.15) is 0 Å². The third kappa shape index (κ3) is 1.91. The number of hydrogen-bond donors (Lipinski definition) is 2. The van der Waals surface area contributed by atoms with Crippen LogP contribution in [0.5, 0.6) is 0 Å². The van der Waals surface area contributed by atoms with Gasteiger partial charge >= 0.3 is 5.69 Å². The molecule has 0 saturated heterocycles. The predicted octanol–water partition coefficient (Wildman–Crippen LogP) is 1.84. The molecule has 2 N–H and O–H groups in total. The van der Waals surface area contributed by atoms with Gasteiger partial charge in [-0.3, -0.25) is 9.67 Å². The average Bonchev–Trinajstić information content (AvgIpc) is 2.44. The molecule has 0 aliphatic carbocycles. The van der Waals surface area contributed by atoms with E-state index in [1.807, 2.05) is 6.92 Å². The van der Waals surface area contributed by atoms with Gasteiger partial charge in [0.1, 0.15) is 0 Å². The molecule has 1 aromatic heterocycles. The zero-order valence-electron chi connectivity index (χ0n) is 8.13. The van der Waals surface area contributed by atoms with Crippen molar-refractivity contribution in [3.63, 3.8) is 0 Å². The van der Waals surface area contributed by atoms with Crippen molar-refractivity contribution >= 4 is 12.2 Å². The van der Waals surface area contributed by atoms with Gasteiger partial charge in [-0.25, -0.2) is 9.89 Å². The molecule has 0 saturated carbocycles. The Bertz CT molecular complexity index is 348. The topological polar surface area (TPSA) is 53.6 Å². The molecule has 1 aromatic rings. The smallest absolute Gasteiger partial charge is 0.272 e. The van der Waals surface area contributed by atoms with Crippen LogP contribution >= 0.6 is 12.2 Å². The SMILES string of the molecule is CCC(C)C(C)n1c(=O)[nH][nH]c1=S. The van der Waals surface area contributed by atoms with E-state index in [1.54, 1.807) is 4.57 Å². The van der Waals surface area contributed by atoms with Crippen LogP contribution in [0.3, 0.4) is 0 Å². The van der Waals surface area contributed by atoms with Crippen LogP contribution in [0.2, 0.25) is 0 Å². The van der Waals surface area contributed by atoms with Gasteiger partial charge in [0.2, 0.25) is 0 Å². The van der Waals surface area contributed by atoms with Gasteiger partial charge in [0.25, 0.3) is 0 Å². The third-order valence-corrected chi connectivity index (χ3v) is 2.89. The first-order valence-corrected chi connectivity index (χ1v) is 4.88. The van der Waals surface area contributed by atoms with Crippen molar-refractivity contribution in [3.8, 4) is 0 Å². The zero-order valence-corrected chi connectivity index (χ0v) is 8.94. The lowest BCUT2D eigenvalue weighted by molar-refractivity contribution is 0.360. The Balaban J connectivity index is 3.08. The summed E-state index contributed by atoms with van der Waals surface area (Å²) >= 11 is 4.99. The summed E-state index contributed by atoms with van der Waals surface area (Å²) in [4.78, 5) is 11.3. The predicted molar refractivity (Wildman–Crippen MR) is 54.4 cm³/mol. The van der Waals surface area contributed by atoms with E-state index in [9.17, 15) is 4.79 Å². The van der Waals surface area contributed by atoms with E-state index in [4.69, 9.17) is 12.2 Å². The quantitative estimate of drug-likeness (QED) is 0.733. The van der Waals surface area contributed by atoms with Crippen molar-refractivity contribution in [1.82, 2.24) is 14.8 Å². The Morgan fingerprint density at radius 1 is 1.46 bits per heavy atom. The molecular weight excluding hydrogens is 186 g/mol. The molecule has 0 aliphatic rings. The molecule has 5 heteroatoms. The van der Waals surface area contributed by atoms with Gasteiger partial charge in [0.15, 0.2) is 4.77 Å². The van der Waals surface area contributed by atoms with Crippen molar-refractivity contribution in [2.75, 3.05) is 0 Å². The van der Waals surface area contributed by atoms with Crippen molar-refractivity contribution in [2.45, 2.75) is 33.2 Å². The molecule has 2 unspecified atom stereocenters. The minimum atomic E-state index is -0.155. The van der Waals surface area contributed by atoms with E-state index in [0.717, 1.165) is 6.42 Å². The van der Waals surface area contributed by atoms with Crippen LogP contribution in [-0.2, 0) is 0 Å². The highest BCUT2D eigenvalue weighted by molar-refractivity contribution is 7.71. The number of H-pyrrole nitrogens is 2. The first-order valence-electron chi connectivity index (χ1n) is 4.47. The van der Waals surface area contributed by atoms with Gasteiger partial charge in [0.05, 0.1) is 0 Å². The lowest BCUT2D eigenvalue weighted by Crippen LogP contribution is -2.24. The largest absolute Gasteiger partial charge is 0.342 e. The average molecular weight is 201 g/mol. The summed E-state index contributed by atoms with van der Waals surface area (Å²) in [6.45, 7) is 6.22. The summed E-state index contributed by atoms with van der Waals surface area (Å²) in [5.41, 5.74) is -0.155. The molecule has 0 aliphatic heterocycles. The molecule has 0 fully saturated rings. The van der Waals surface area contributed by atoms with E-state index < -0.39 is 0 Å². The lowest BCUT2D eigenvalue weighted by Gasteiger charge is -2.17. The number of rotatable bonds is 3. The molecule has 1 heterocycles. The second-order valence-corrected chi connectivity index (χ2v) is 3.74. The number of nitrogens with zero attached hydrogens (tertiary/aromatic N) is 1. The summed E-state index contributed by atoms with van der Waals surface area (Å²) in [7, 11) is 0. The van der Waals surface area contributed by atoms with Crippen LogP contribution in [0.25, 0.3) is 0 Å². The highest BCUT2D eigenvalue weighted by Crippen LogP contribution is 2.18. The van der Waals surface area contributed by atoms with Gasteiger partial charge in [-0.05, 0) is 25.1 Å². The molecule has 74 valence electrons. The third-order valence-electron chi connectivity index (χ3n) is 2.59. The van der Waals surface area contributed by atoms with Gasteiger partial charge in [-0.15, -0.1) is 0 Å². The molecule has 13 heavy (non-hydrogen) atoms. The van der Waals surface area contributed by atoms with Gasteiger partial charge in [0, 0.05) is 6.04 Å². The summed E-state index contributed by atoms with van der Waals surface area (Å²) in [6.07, 6.45) is 1.04. The number of aromatic amines is 2. The summed E-state index contributed by atoms with van der Waals surface area (Å²) in [6, 6.07) is 0.146. The van der Waals surface area contributed by atoms with Crippen LogP contribution in [0.15, 0.2) is 4.79 Å².